The fraction of sp³-hybridized carbons (Fsp3) is 0.765. The van der Waals surface area contributed by atoms with Crippen LogP contribution in [-0.4, -0.2) is 22.9 Å². The summed E-state index contributed by atoms with van der Waals surface area (Å²) in [6.07, 6.45) is 9.68. The summed E-state index contributed by atoms with van der Waals surface area (Å²) in [5, 5.41) is 20.1. The smallest absolute Gasteiger partial charge is 0.0750 e. The zero-order chi connectivity index (χ0) is 13.7. The van der Waals surface area contributed by atoms with E-state index in [0.29, 0.717) is 6.61 Å². The molecule has 0 aromatic heterocycles. The minimum absolute atomic E-state index is 0.0407. The van der Waals surface area contributed by atoms with E-state index in [0.717, 1.165) is 38.5 Å². The zero-order valence-electron chi connectivity index (χ0n) is 12.2. The normalized spacial score (nSPS) is 42.5. The van der Waals surface area contributed by atoms with Crippen LogP contribution < -0.4 is 0 Å². The zero-order valence-corrected chi connectivity index (χ0v) is 12.2. The summed E-state index contributed by atoms with van der Waals surface area (Å²) in [4.78, 5) is 0. The van der Waals surface area contributed by atoms with Crippen molar-refractivity contribution in [1.82, 2.24) is 0 Å². The van der Waals surface area contributed by atoms with Gasteiger partial charge in [-0.05, 0) is 57.4 Å². The van der Waals surface area contributed by atoms with Crippen LogP contribution in [0.25, 0.3) is 0 Å². The van der Waals surface area contributed by atoms with Gasteiger partial charge in [0.1, 0.15) is 0 Å². The summed E-state index contributed by atoms with van der Waals surface area (Å²) in [5.74, 6) is 0. The molecule has 0 saturated heterocycles. The van der Waals surface area contributed by atoms with Crippen LogP contribution in [-0.2, 0) is 0 Å². The Kier molecular flexibility index (Phi) is 3.14. The van der Waals surface area contributed by atoms with Crippen LogP contribution >= 0.6 is 0 Å². The minimum atomic E-state index is -0.242. The number of aliphatic hydroxyl groups excluding tert-OH is 2. The van der Waals surface area contributed by atoms with Crippen LogP contribution in [0, 0.1) is 10.8 Å². The molecule has 3 aliphatic rings. The Morgan fingerprint density at radius 2 is 2.11 bits per heavy atom. The molecule has 19 heavy (non-hydrogen) atoms. The Morgan fingerprint density at radius 1 is 1.32 bits per heavy atom. The predicted octanol–water partition coefficient (Wildman–Crippen LogP) is 3.35. The summed E-state index contributed by atoms with van der Waals surface area (Å²) in [5.41, 5.74) is 4.29. The van der Waals surface area contributed by atoms with Crippen LogP contribution in [0.15, 0.2) is 22.8 Å². The maximum absolute atomic E-state index is 10.1. The minimum Gasteiger partial charge on any atom is -0.395 e. The Labute approximate surface area is 116 Å². The molecule has 3 rings (SSSR count). The first-order valence-corrected chi connectivity index (χ1v) is 7.74. The van der Waals surface area contributed by atoms with Gasteiger partial charge in [0.05, 0.1) is 12.7 Å². The second-order valence-electron chi connectivity index (χ2n) is 7.00. The van der Waals surface area contributed by atoms with Crippen molar-refractivity contribution < 1.29 is 10.2 Å². The largest absolute Gasteiger partial charge is 0.395 e. The van der Waals surface area contributed by atoms with Crippen molar-refractivity contribution in [3.63, 3.8) is 0 Å². The molecule has 2 heteroatoms. The van der Waals surface area contributed by atoms with E-state index in [1.54, 1.807) is 0 Å². The molecule has 2 N–H and O–H groups in total. The molecular weight excluding hydrogens is 236 g/mol. The van der Waals surface area contributed by atoms with Gasteiger partial charge in [-0.1, -0.05) is 24.1 Å². The van der Waals surface area contributed by atoms with Gasteiger partial charge in [-0.3, -0.25) is 0 Å². The van der Waals surface area contributed by atoms with E-state index in [1.807, 2.05) is 0 Å². The molecule has 0 radical (unpaired) electrons. The summed E-state index contributed by atoms with van der Waals surface area (Å²) in [7, 11) is 0. The second-order valence-corrected chi connectivity index (χ2v) is 7.00. The number of fused-ring (bicyclic) bond motifs is 3. The van der Waals surface area contributed by atoms with E-state index < -0.39 is 0 Å². The molecule has 0 heterocycles. The van der Waals surface area contributed by atoms with Gasteiger partial charge in [-0.15, -0.1) is 0 Å². The molecule has 0 unspecified atom stereocenters. The summed E-state index contributed by atoms with van der Waals surface area (Å²) >= 11 is 0. The molecule has 3 atom stereocenters. The summed E-state index contributed by atoms with van der Waals surface area (Å²) in [6, 6.07) is 0. The lowest BCUT2D eigenvalue weighted by Gasteiger charge is -2.54. The first kappa shape index (κ1) is 13.4. The third-order valence-electron chi connectivity index (χ3n) is 6.09. The fourth-order valence-electron chi connectivity index (χ4n) is 4.92. The molecule has 1 saturated carbocycles. The van der Waals surface area contributed by atoms with Crippen molar-refractivity contribution in [1.29, 1.82) is 0 Å². The third-order valence-corrected chi connectivity index (χ3v) is 6.09. The third kappa shape index (κ3) is 1.76. The van der Waals surface area contributed by atoms with Gasteiger partial charge in [-0.2, -0.15) is 0 Å². The maximum Gasteiger partial charge on any atom is 0.0750 e. The average molecular weight is 262 g/mol. The summed E-state index contributed by atoms with van der Waals surface area (Å²) in [6.45, 7) is 4.74. The van der Waals surface area contributed by atoms with E-state index in [-0.39, 0.29) is 16.9 Å². The first-order valence-electron chi connectivity index (χ1n) is 7.74. The van der Waals surface area contributed by atoms with Gasteiger partial charge in [-0.25, -0.2) is 0 Å². The standard InChI is InChI=1S/C17H26O2/c1-12-13-6-10-17(11-18)8-4-3-5-15(17)16(13,2)9-7-14(12)19/h5,14,18-19H,3-4,6-11H2,1-2H3/t14-,16+,17-/m1/s1. The van der Waals surface area contributed by atoms with E-state index in [1.165, 1.54) is 23.1 Å². The van der Waals surface area contributed by atoms with Crippen molar-refractivity contribution >= 4 is 0 Å². The van der Waals surface area contributed by atoms with Crippen molar-refractivity contribution in [2.45, 2.75) is 64.9 Å². The number of rotatable bonds is 1. The molecule has 0 spiro atoms. The number of hydrogen-bond acceptors (Lipinski definition) is 2. The average Bonchev–Trinajstić information content (AvgIpc) is 2.43. The summed E-state index contributed by atoms with van der Waals surface area (Å²) < 4.78 is 0. The van der Waals surface area contributed by atoms with Gasteiger partial charge in [0.25, 0.3) is 0 Å². The lowest BCUT2D eigenvalue weighted by Crippen LogP contribution is -2.45. The van der Waals surface area contributed by atoms with Crippen molar-refractivity contribution in [2.75, 3.05) is 6.61 Å². The lowest BCUT2D eigenvalue weighted by atomic mass is 9.51. The topological polar surface area (TPSA) is 40.5 Å². The number of hydrogen-bond donors (Lipinski definition) is 2. The molecule has 0 aliphatic heterocycles. The van der Waals surface area contributed by atoms with E-state index in [2.05, 4.69) is 19.9 Å². The van der Waals surface area contributed by atoms with Crippen molar-refractivity contribution in [2.24, 2.45) is 10.8 Å². The van der Waals surface area contributed by atoms with Crippen LogP contribution in [0.3, 0.4) is 0 Å². The maximum atomic E-state index is 10.1. The molecule has 1 fully saturated rings. The highest BCUT2D eigenvalue weighted by Gasteiger charge is 2.51. The number of aliphatic hydroxyl groups is 2. The lowest BCUT2D eigenvalue weighted by molar-refractivity contribution is 0.0758. The number of allylic oxidation sites excluding steroid dienone is 2. The van der Waals surface area contributed by atoms with Crippen LogP contribution in [0.1, 0.15) is 58.8 Å². The Bertz CT molecular complexity index is 448. The SMILES string of the molecule is CC1=C2CC[C@@]3(CO)CCCC=C3[C@@]2(C)CC[C@H]1O. The molecule has 3 aliphatic carbocycles. The Morgan fingerprint density at radius 3 is 2.84 bits per heavy atom. The Balaban J connectivity index is 2.11. The van der Waals surface area contributed by atoms with E-state index >= 15 is 0 Å². The van der Waals surface area contributed by atoms with Gasteiger partial charge in [0.15, 0.2) is 0 Å². The monoisotopic (exact) mass is 262 g/mol. The van der Waals surface area contributed by atoms with Gasteiger partial charge in [0.2, 0.25) is 0 Å². The van der Waals surface area contributed by atoms with Crippen molar-refractivity contribution in [3.05, 3.63) is 22.8 Å². The van der Waals surface area contributed by atoms with E-state index in [9.17, 15) is 10.2 Å². The van der Waals surface area contributed by atoms with E-state index in [4.69, 9.17) is 0 Å². The second kappa shape index (κ2) is 4.46. The van der Waals surface area contributed by atoms with Gasteiger partial charge < -0.3 is 10.2 Å². The molecule has 0 bridgehead atoms. The highest BCUT2D eigenvalue weighted by Crippen LogP contribution is 2.61. The fourth-order valence-corrected chi connectivity index (χ4v) is 4.92. The predicted molar refractivity (Wildman–Crippen MR) is 76.7 cm³/mol. The molecule has 2 nitrogen and oxygen atoms in total. The quantitative estimate of drug-likeness (QED) is 0.711. The molecule has 0 aromatic rings. The van der Waals surface area contributed by atoms with Crippen LogP contribution in [0.2, 0.25) is 0 Å². The van der Waals surface area contributed by atoms with Gasteiger partial charge >= 0.3 is 0 Å². The highest BCUT2D eigenvalue weighted by atomic mass is 16.3. The highest BCUT2D eigenvalue weighted by molar-refractivity contribution is 5.42. The Hall–Kier alpha value is -0.600. The van der Waals surface area contributed by atoms with Crippen LogP contribution in [0.5, 0.6) is 0 Å². The molecule has 106 valence electrons. The first-order chi connectivity index (χ1) is 9.03. The van der Waals surface area contributed by atoms with Gasteiger partial charge in [0, 0.05) is 10.8 Å². The molecular formula is C17H26O2. The molecule has 0 aromatic carbocycles. The van der Waals surface area contributed by atoms with Crippen molar-refractivity contribution in [3.8, 4) is 0 Å². The van der Waals surface area contributed by atoms with Crippen LogP contribution in [0.4, 0.5) is 0 Å². The molecule has 0 amide bonds.